The molecule has 0 saturated heterocycles. The van der Waals surface area contributed by atoms with Crippen molar-refractivity contribution in [2.24, 2.45) is 0 Å². The maximum absolute atomic E-state index is 11.4. The van der Waals surface area contributed by atoms with Gasteiger partial charge in [0.1, 0.15) is 0 Å². The molecule has 0 aliphatic rings. The summed E-state index contributed by atoms with van der Waals surface area (Å²) in [7, 11) is 1.30. The Morgan fingerprint density at radius 1 is 1.60 bits per heavy atom. The number of halogens is 1. The van der Waals surface area contributed by atoms with Crippen molar-refractivity contribution in [3.63, 3.8) is 0 Å². The summed E-state index contributed by atoms with van der Waals surface area (Å²) in [4.78, 5) is 11.4. The quantitative estimate of drug-likeness (QED) is 0.435. The molecule has 0 amide bonds. The molecule has 1 aromatic carbocycles. The SMILES string of the molecule is C#C/C=C(\C(=O)OC)c1cccc(Cl)c1. The fourth-order valence-corrected chi connectivity index (χ4v) is 1.30. The molecule has 0 spiro atoms. The minimum absolute atomic E-state index is 0.322. The third-order valence-corrected chi connectivity index (χ3v) is 2.00. The number of allylic oxidation sites excluding steroid dienone is 1. The lowest BCUT2D eigenvalue weighted by Gasteiger charge is -2.04. The van der Waals surface area contributed by atoms with Gasteiger partial charge in [-0.05, 0) is 17.7 Å². The first-order chi connectivity index (χ1) is 7.19. The number of benzene rings is 1. The van der Waals surface area contributed by atoms with E-state index in [1.807, 2.05) is 0 Å². The van der Waals surface area contributed by atoms with E-state index in [0.29, 0.717) is 16.2 Å². The van der Waals surface area contributed by atoms with Crippen LogP contribution < -0.4 is 0 Å². The zero-order valence-electron chi connectivity index (χ0n) is 8.16. The first-order valence-electron chi connectivity index (χ1n) is 4.19. The van der Waals surface area contributed by atoms with E-state index in [2.05, 4.69) is 10.7 Å². The lowest BCUT2D eigenvalue weighted by Crippen LogP contribution is -2.03. The Morgan fingerprint density at radius 3 is 2.87 bits per heavy atom. The van der Waals surface area contributed by atoms with E-state index in [0.717, 1.165) is 0 Å². The zero-order chi connectivity index (χ0) is 11.3. The second-order valence-electron chi connectivity index (χ2n) is 2.73. The molecule has 0 aliphatic heterocycles. The highest BCUT2D eigenvalue weighted by Gasteiger charge is 2.11. The minimum atomic E-state index is -0.477. The third kappa shape index (κ3) is 2.87. The monoisotopic (exact) mass is 220 g/mol. The molecule has 0 radical (unpaired) electrons. The summed E-state index contributed by atoms with van der Waals surface area (Å²) >= 11 is 5.81. The maximum Gasteiger partial charge on any atom is 0.339 e. The number of carbonyl (C=O) groups is 1. The fourth-order valence-electron chi connectivity index (χ4n) is 1.11. The van der Waals surface area contributed by atoms with Crippen LogP contribution in [0.15, 0.2) is 30.3 Å². The molecule has 0 fully saturated rings. The number of hydrogen-bond acceptors (Lipinski definition) is 2. The molecule has 0 saturated carbocycles. The van der Waals surface area contributed by atoms with Crippen molar-refractivity contribution < 1.29 is 9.53 Å². The van der Waals surface area contributed by atoms with E-state index in [4.69, 9.17) is 18.0 Å². The highest BCUT2D eigenvalue weighted by molar-refractivity contribution is 6.31. The smallest absolute Gasteiger partial charge is 0.339 e. The predicted molar refractivity (Wildman–Crippen MR) is 60.3 cm³/mol. The molecule has 1 aromatic rings. The Balaban J connectivity index is 3.18. The lowest BCUT2D eigenvalue weighted by atomic mass is 10.1. The van der Waals surface area contributed by atoms with Crippen molar-refractivity contribution in [1.29, 1.82) is 0 Å². The van der Waals surface area contributed by atoms with Gasteiger partial charge < -0.3 is 4.74 Å². The molecule has 0 N–H and O–H groups in total. The van der Waals surface area contributed by atoms with Crippen LogP contribution in [0.3, 0.4) is 0 Å². The third-order valence-electron chi connectivity index (χ3n) is 1.77. The second-order valence-corrected chi connectivity index (χ2v) is 3.16. The Morgan fingerprint density at radius 2 is 2.33 bits per heavy atom. The average molecular weight is 221 g/mol. The molecule has 0 heterocycles. The molecule has 15 heavy (non-hydrogen) atoms. The van der Waals surface area contributed by atoms with E-state index >= 15 is 0 Å². The van der Waals surface area contributed by atoms with Crippen LogP contribution in [0.5, 0.6) is 0 Å². The predicted octanol–water partition coefficient (Wildman–Crippen LogP) is 2.53. The number of carbonyl (C=O) groups excluding carboxylic acids is 1. The normalized spacial score (nSPS) is 10.6. The van der Waals surface area contributed by atoms with Gasteiger partial charge in [-0.2, -0.15) is 0 Å². The van der Waals surface area contributed by atoms with Crippen molar-refractivity contribution in [3.8, 4) is 12.3 Å². The van der Waals surface area contributed by atoms with Crippen LogP contribution in [-0.2, 0) is 9.53 Å². The maximum atomic E-state index is 11.4. The van der Waals surface area contributed by atoms with Crippen molar-refractivity contribution in [3.05, 3.63) is 40.9 Å². The number of hydrogen-bond donors (Lipinski definition) is 0. The average Bonchev–Trinajstić information content (AvgIpc) is 2.25. The van der Waals surface area contributed by atoms with Gasteiger partial charge in [-0.1, -0.05) is 29.7 Å². The van der Waals surface area contributed by atoms with Crippen LogP contribution in [0.25, 0.3) is 5.57 Å². The summed E-state index contributed by atoms with van der Waals surface area (Å²) in [6.45, 7) is 0. The van der Waals surface area contributed by atoms with E-state index in [1.165, 1.54) is 13.2 Å². The number of ether oxygens (including phenoxy) is 1. The number of terminal acetylenes is 1. The van der Waals surface area contributed by atoms with Gasteiger partial charge in [-0.3, -0.25) is 0 Å². The fraction of sp³-hybridized carbons (Fsp3) is 0.0833. The van der Waals surface area contributed by atoms with E-state index < -0.39 is 5.97 Å². The van der Waals surface area contributed by atoms with Gasteiger partial charge in [0.2, 0.25) is 0 Å². The van der Waals surface area contributed by atoms with Gasteiger partial charge in [0.15, 0.2) is 0 Å². The molecule has 76 valence electrons. The first kappa shape index (κ1) is 11.4. The van der Waals surface area contributed by atoms with Gasteiger partial charge >= 0.3 is 5.97 Å². The van der Waals surface area contributed by atoms with E-state index in [-0.39, 0.29) is 0 Å². The van der Waals surface area contributed by atoms with Gasteiger partial charge in [0.05, 0.1) is 12.7 Å². The van der Waals surface area contributed by atoms with Crippen molar-refractivity contribution in [2.75, 3.05) is 7.11 Å². The Kier molecular flexibility index (Phi) is 3.96. The molecule has 3 heteroatoms. The van der Waals surface area contributed by atoms with Gasteiger partial charge in [-0.15, -0.1) is 6.42 Å². The summed E-state index contributed by atoms with van der Waals surface area (Å²) in [6.07, 6.45) is 6.49. The first-order valence-corrected chi connectivity index (χ1v) is 4.57. The topological polar surface area (TPSA) is 26.3 Å². The molecular formula is C12H9ClO2. The number of rotatable bonds is 2. The zero-order valence-corrected chi connectivity index (χ0v) is 8.91. The van der Waals surface area contributed by atoms with Crippen LogP contribution >= 0.6 is 11.6 Å². The van der Waals surface area contributed by atoms with E-state index in [9.17, 15) is 4.79 Å². The van der Waals surface area contributed by atoms with Gasteiger partial charge in [0.25, 0.3) is 0 Å². The van der Waals surface area contributed by atoms with Crippen molar-refractivity contribution in [1.82, 2.24) is 0 Å². The van der Waals surface area contributed by atoms with Gasteiger partial charge in [-0.25, -0.2) is 4.79 Å². The molecule has 0 aromatic heterocycles. The van der Waals surface area contributed by atoms with Crippen LogP contribution in [-0.4, -0.2) is 13.1 Å². The second kappa shape index (κ2) is 5.23. The standard InChI is InChI=1S/C12H9ClO2/c1-3-5-11(12(14)15-2)9-6-4-7-10(13)8-9/h1,4-8H,2H3/b11-5-. The Bertz CT molecular complexity index is 441. The summed E-state index contributed by atoms with van der Waals surface area (Å²) in [5, 5.41) is 0.541. The lowest BCUT2D eigenvalue weighted by molar-refractivity contribution is -0.133. The van der Waals surface area contributed by atoms with Crippen molar-refractivity contribution >= 4 is 23.1 Å². The summed E-state index contributed by atoms with van der Waals surface area (Å²) in [5.41, 5.74) is 0.967. The highest BCUT2D eigenvalue weighted by atomic mass is 35.5. The summed E-state index contributed by atoms with van der Waals surface area (Å²) < 4.78 is 4.61. The Hall–Kier alpha value is -1.72. The van der Waals surface area contributed by atoms with Crippen molar-refractivity contribution in [2.45, 2.75) is 0 Å². The largest absolute Gasteiger partial charge is 0.465 e. The number of methoxy groups -OCH3 is 1. The molecule has 0 bridgehead atoms. The summed E-state index contributed by atoms with van der Waals surface area (Å²) in [5.74, 6) is 1.82. The number of esters is 1. The minimum Gasteiger partial charge on any atom is -0.465 e. The summed E-state index contributed by atoms with van der Waals surface area (Å²) in [6, 6.07) is 6.86. The van der Waals surface area contributed by atoms with Gasteiger partial charge in [0, 0.05) is 11.1 Å². The Labute approximate surface area is 93.5 Å². The van der Waals surface area contributed by atoms with E-state index in [1.54, 1.807) is 24.3 Å². The highest BCUT2D eigenvalue weighted by Crippen LogP contribution is 2.19. The molecule has 0 aliphatic carbocycles. The molecule has 1 rings (SSSR count). The molecule has 2 nitrogen and oxygen atoms in total. The van der Waals surface area contributed by atoms with Crippen LogP contribution in [0.2, 0.25) is 5.02 Å². The molecular weight excluding hydrogens is 212 g/mol. The van der Waals surface area contributed by atoms with Crippen LogP contribution in [0.4, 0.5) is 0 Å². The molecule has 0 atom stereocenters. The molecule has 0 unspecified atom stereocenters. The van der Waals surface area contributed by atoms with Crippen LogP contribution in [0.1, 0.15) is 5.56 Å². The van der Waals surface area contributed by atoms with Crippen LogP contribution in [0, 0.1) is 12.3 Å².